The van der Waals surface area contributed by atoms with Crippen LogP contribution in [-0.2, 0) is 4.74 Å². The van der Waals surface area contributed by atoms with Gasteiger partial charge in [0.1, 0.15) is 12.4 Å². The van der Waals surface area contributed by atoms with Crippen molar-refractivity contribution >= 4 is 0 Å². The van der Waals surface area contributed by atoms with E-state index in [0.717, 1.165) is 18.8 Å². The van der Waals surface area contributed by atoms with Crippen LogP contribution >= 0.6 is 0 Å². The predicted molar refractivity (Wildman–Crippen MR) is 73.3 cm³/mol. The van der Waals surface area contributed by atoms with Crippen LogP contribution in [0.1, 0.15) is 30.7 Å². The van der Waals surface area contributed by atoms with Crippen LogP contribution in [0.4, 0.5) is 0 Å². The van der Waals surface area contributed by atoms with Crippen molar-refractivity contribution in [3.63, 3.8) is 0 Å². The van der Waals surface area contributed by atoms with Gasteiger partial charge in [0.25, 0.3) is 0 Å². The molecule has 1 atom stereocenters. The van der Waals surface area contributed by atoms with E-state index in [1.54, 1.807) is 7.11 Å². The van der Waals surface area contributed by atoms with Crippen molar-refractivity contribution in [2.45, 2.75) is 25.2 Å². The molecule has 2 rings (SSSR count). The maximum atomic E-state index is 5.58. The number of hydrogen-bond acceptors (Lipinski definition) is 3. The first kappa shape index (κ1) is 13.4. The third-order valence-corrected chi connectivity index (χ3v) is 3.48. The zero-order valence-corrected chi connectivity index (χ0v) is 11.2. The Labute approximate surface area is 109 Å². The van der Waals surface area contributed by atoms with Gasteiger partial charge in [-0.05, 0) is 56.0 Å². The smallest absolute Gasteiger partial charge is 0.119 e. The molecule has 0 bridgehead atoms. The molecule has 1 fully saturated rings. The Kier molecular flexibility index (Phi) is 5.49. The van der Waals surface area contributed by atoms with Crippen LogP contribution in [-0.4, -0.2) is 33.4 Å². The zero-order chi connectivity index (χ0) is 12.6. The van der Waals surface area contributed by atoms with Crippen molar-refractivity contribution in [2.24, 2.45) is 0 Å². The third kappa shape index (κ3) is 4.00. The molecule has 0 amide bonds. The molecule has 0 saturated carbocycles. The van der Waals surface area contributed by atoms with E-state index in [2.05, 4.69) is 29.6 Å². The molecule has 1 aliphatic rings. The van der Waals surface area contributed by atoms with Gasteiger partial charge in [0.15, 0.2) is 0 Å². The Bertz CT molecular complexity index is 329. The fraction of sp³-hybridized carbons (Fsp3) is 0.600. The summed E-state index contributed by atoms with van der Waals surface area (Å²) in [7, 11) is 1.69. The van der Waals surface area contributed by atoms with Gasteiger partial charge in [-0.3, -0.25) is 0 Å². The minimum absolute atomic E-state index is 0.614. The number of methoxy groups -OCH3 is 1. The first-order valence-corrected chi connectivity index (χ1v) is 6.82. The molecule has 100 valence electrons. The largest absolute Gasteiger partial charge is 0.491 e. The summed E-state index contributed by atoms with van der Waals surface area (Å²) in [6.07, 6.45) is 3.80. The van der Waals surface area contributed by atoms with Crippen molar-refractivity contribution in [1.29, 1.82) is 0 Å². The lowest BCUT2D eigenvalue weighted by molar-refractivity contribution is 0.146. The van der Waals surface area contributed by atoms with E-state index in [9.17, 15) is 0 Å². The molecule has 1 unspecified atom stereocenters. The van der Waals surface area contributed by atoms with Crippen molar-refractivity contribution in [3.05, 3.63) is 29.8 Å². The van der Waals surface area contributed by atoms with Crippen LogP contribution in [0.3, 0.4) is 0 Å². The SMILES string of the molecule is COCCOc1ccc(C2CCCNCC2)cc1. The molecule has 3 nitrogen and oxygen atoms in total. The van der Waals surface area contributed by atoms with Crippen LogP contribution in [0.25, 0.3) is 0 Å². The Morgan fingerprint density at radius 1 is 1.11 bits per heavy atom. The molecule has 0 radical (unpaired) electrons. The highest BCUT2D eigenvalue weighted by molar-refractivity contribution is 5.29. The Morgan fingerprint density at radius 3 is 2.72 bits per heavy atom. The van der Waals surface area contributed by atoms with Crippen LogP contribution in [0, 0.1) is 0 Å². The predicted octanol–water partition coefficient (Wildman–Crippen LogP) is 2.57. The molecule has 1 heterocycles. The van der Waals surface area contributed by atoms with E-state index < -0.39 is 0 Å². The number of hydrogen-bond donors (Lipinski definition) is 1. The topological polar surface area (TPSA) is 30.5 Å². The molecular weight excluding hydrogens is 226 g/mol. The lowest BCUT2D eigenvalue weighted by atomic mass is 9.92. The number of nitrogens with one attached hydrogen (secondary N) is 1. The normalized spacial score (nSPS) is 20.4. The minimum atomic E-state index is 0.614. The summed E-state index contributed by atoms with van der Waals surface area (Å²) in [6.45, 7) is 3.55. The molecule has 3 heteroatoms. The third-order valence-electron chi connectivity index (χ3n) is 3.48. The van der Waals surface area contributed by atoms with Gasteiger partial charge in [-0.1, -0.05) is 12.1 Å². The molecular formula is C15H23NO2. The second-order valence-electron chi connectivity index (χ2n) is 4.79. The van der Waals surface area contributed by atoms with Crippen LogP contribution in [0.5, 0.6) is 5.75 Å². The maximum Gasteiger partial charge on any atom is 0.119 e. The zero-order valence-electron chi connectivity index (χ0n) is 11.2. The van der Waals surface area contributed by atoms with Gasteiger partial charge in [0.05, 0.1) is 6.61 Å². The van der Waals surface area contributed by atoms with Crippen molar-refractivity contribution < 1.29 is 9.47 Å². The second-order valence-corrected chi connectivity index (χ2v) is 4.79. The standard InChI is InChI=1S/C15H23NO2/c1-17-11-12-18-15-6-4-14(5-7-15)13-3-2-9-16-10-8-13/h4-7,13,16H,2-3,8-12H2,1H3. The average molecular weight is 249 g/mol. The van der Waals surface area contributed by atoms with E-state index in [-0.39, 0.29) is 0 Å². The summed E-state index contributed by atoms with van der Waals surface area (Å²) < 4.78 is 10.5. The number of rotatable bonds is 5. The molecule has 0 spiro atoms. The molecule has 1 aliphatic heterocycles. The first-order valence-electron chi connectivity index (χ1n) is 6.82. The summed E-state index contributed by atoms with van der Waals surface area (Å²) in [4.78, 5) is 0. The molecule has 0 aliphatic carbocycles. The summed E-state index contributed by atoms with van der Waals surface area (Å²) >= 11 is 0. The molecule has 18 heavy (non-hydrogen) atoms. The Morgan fingerprint density at radius 2 is 1.94 bits per heavy atom. The lowest BCUT2D eigenvalue weighted by Gasteiger charge is -2.14. The highest BCUT2D eigenvalue weighted by Gasteiger charge is 2.13. The molecule has 1 saturated heterocycles. The minimum Gasteiger partial charge on any atom is -0.491 e. The maximum absolute atomic E-state index is 5.58. The van der Waals surface area contributed by atoms with Gasteiger partial charge in [0.2, 0.25) is 0 Å². The van der Waals surface area contributed by atoms with E-state index in [1.807, 2.05) is 0 Å². The summed E-state index contributed by atoms with van der Waals surface area (Å²) in [6, 6.07) is 8.56. The van der Waals surface area contributed by atoms with Gasteiger partial charge in [0, 0.05) is 7.11 Å². The monoisotopic (exact) mass is 249 g/mol. The van der Waals surface area contributed by atoms with E-state index in [4.69, 9.17) is 9.47 Å². The van der Waals surface area contributed by atoms with Crippen LogP contribution in [0.15, 0.2) is 24.3 Å². The summed E-state index contributed by atoms with van der Waals surface area (Å²) in [5.41, 5.74) is 1.44. The van der Waals surface area contributed by atoms with Crippen molar-refractivity contribution in [1.82, 2.24) is 5.32 Å². The van der Waals surface area contributed by atoms with E-state index in [1.165, 1.54) is 24.8 Å². The van der Waals surface area contributed by atoms with Crippen LogP contribution < -0.4 is 10.1 Å². The van der Waals surface area contributed by atoms with Crippen molar-refractivity contribution in [3.8, 4) is 5.75 Å². The van der Waals surface area contributed by atoms with E-state index >= 15 is 0 Å². The lowest BCUT2D eigenvalue weighted by Crippen LogP contribution is -2.13. The molecule has 1 aromatic rings. The number of benzene rings is 1. The van der Waals surface area contributed by atoms with Gasteiger partial charge in [-0.25, -0.2) is 0 Å². The highest BCUT2D eigenvalue weighted by Crippen LogP contribution is 2.27. The summed E-state index contributed by atoms with van der Waals surface area (Å²) in [5.74, 6) is 1.63. The van der Waals surface area contributed by atoms with Gasteiger partial charge in [-0.15, -0.1) is 0 Å². The quantitative estimate of drug-likeness (QED) is 0.814. The fourth-order valence-electron chi connectivity index (χ4n) is 2.43. The second kappa shape index (κ2) is 7.39. The molecule has 1 N–H and O–H groups in total. The fourth-order valence-corrected chi connectivity index (χ4v) is 2.43. The molecule has 1 aromatic carbocycles. The van der Waals surface area contributed by atoms with Crippen molar-refractivity contribution in [2.75, 3.05) is 33.4 Å². The first-order chi connectivity index (χ1) is 8.90. The Balaban J connectivity index is 1.89. The van der Waals surface area contributed by atoms with Gasteiger partial charge >= 0.3 is 0 Å². The highest BCUT2D eigenvalue weighted by atomic mass is 16.5. The molecule has 0 aromatic heterocycles. The number of ether oxygens (including phenoxy) is 2. The van der Waals surface area contributed by atoms with Gasteiger partial charge in [-0.2, -0.15) is 0 Å². The van der Waals surface area contributed by atoms with Crippen LogP contribution in [0.2, 0.25) is 0 Å². The van der Waals surface area contributed by atoms with Gasteiger partial charge < -0.3 is 14.8 Å². The average Bonchev–Trinajstić information content (AvgIpc) is 2.69. The van der Waals surface area contributed by atoms with E-state index in [0.29, 0.717) is 19.1 Å². The summed E-state index contributed by atoms with van der Waals surface area (Å²) in [5, 5.41) is 3.45. The Hall–Kier alpha value is -1.06.